The van der Waals surface area contributed by atoms with E-state index >= 15 is 0 Å². The van der Waals surface area contributed by atoms with Crippen molar-refractivity contribution in [3.8, 4) is 0 Å². The van der Waals surface area contributed by atoms with E-state index in [4.69, 9.17) is 0 Å². The van der Waals surface area contributed by atoms with E-state index in [0.29, 0.717) is 18.4 Å². The van der Waals surface area contributed by atoms with Crippen molar-refractivity contribution in [1.29, 1.82) is 0 Å². The molecule has 2 atom stereocenters. The van der Waals surface area contributed by atoms with Gasteiger partial charge >= 0.3 is 0 Å². The van der Waals surface area contributed by atoms with Crippen molar-refractivity contribution >= 4 is 17.7 Å². The molecule has 1 heterocycles. The summed E-state index contributed by atoms with van der Waals surface area (Å²) in [7, 11) is 0. The summed E-state index contributed by atoms with van der Waals surface area (Å²) < 4.78 is 0. The van der Waals surface area contributed by atoms with Crippen LogP contribution in [0.2, 0.25) is 0 Å². The second-order valence-corrected chi connectivity index (χ2v) is 4.90. The number of carbonyl (C=O) groups is 1. The maximum absolute atomic E-state index is 11.5. The fourth-order valence-corrected chi connectivity index (χ4v) is 2.36. The number of rotatable bonds is 5. The summed E-state index contributed by atoms with van der Waals surface area (Å²) in [6.07, 6.45) is 3.89. The molecule has 1 saturated heterocycles. The van der Waals surface area contributed by atoms with Crippen LogP contribution in [0.1, 0.15) is 19.8 Å². The molecule has 1 rings (SSSR count). The monoisotopic (exact) mass is 216 g/mol. The number of nitrogens with one attached hydrogen (secondary N) is 2. The SMILES string of the molecule is CSCC(C)NC(=O)CC1CCNC1. The Hall–Kier alpha value is -0.220. The summed E-state index contributed by atoms with van der Waals surface area (Å²) in [5.74, 6) is 1.76. The minimum atomic E-state index is 0.209. The van der Waals surface area contributed by atoms with Gasteiger partial charge in [-0.2, -0.15) is 11.8 Å². The first kappa shape index (κ1) is 11.9. The van der Waals surface area contributed by atoms with E-state index in [1.54, 1.807) is 11.8 Å². The average molecular weight is 216 g/mol. The summed E-state index contributed by atoms with van der Waals surface area (Å²) in [6.45, 7) is 4.13. The standard InChI is InChI=1S/C10H20N2OS/c1-8(7-14-2)12-10(13)5-9-3-4-11-6-9/h8-9,11H,3-7H2,1-2H3,(H,12,13). The summed E-state index contributed by atoms with van der Waals surface area (Å²) >= 11 is 1.77. The lowest BCUT2D eigenvalue weighted by Crippen LogP contribution is -2.35. The minimum Gasteiger partial charge on any atom is -0.353 e. The van der Waals surface area contributed by atoms with Gasteiger partial charge in [0.05, 0.1) is 0 Å². The molecule has 82 valence electrons. The molecule has 1 aliphatic heterocycles. The molecule has 0 aromatic carbocycles. The number of carbonyl (C=O) groups excluding carboxylic acids is 1. The maximum atomic E-state index is 11.5. The van der Waals surface area contributed by atoms with Crippen molar-refractivity contribution in [1.82, 2.24) is 10.6 Å². The lowest BCUT2D eigenvalue weighted by atomic mass is 10.0. The molecular formula is C10H20N2OS. The highest BCUT2D eigenvalue weighted by molar-refractivity contribution is 7.98. The molecule has 1 amide bonds. The summed E-state index contributed by atoms with van der Waals surface area (Å²) in [5.41, 5.74) is 0. The van der Waals surface area contributed by atoms with Gasteiger partial charge in [0.15, 0.2) is 0 Å². The zero-order valence-corrected chi connectivity index (χ0v) is 9.82. The first-order chi connectivity index (χ1) is 6.72. The van der Waals surface area contributed by atoms with Crippen molar-refractivity contribution in [2.75, 3.05) is 25.1 Å². The van der Waals surface area contributed by atoms with Crippen LogP contribution in [0.3, 0.4) is 0 Å². The maximum Gasteiger partial charge on any atom is 0.220 e. The molecule has 3 nitrogen and oxygen atoms in total. The highest BCUT2D eigenvalue weighted by Crippen LogP contribution is 2.11. The van der Waals surface area contributed by atoms with Gasteiger partial charge in [0.25, 0.3) is 0 Å². The summed E-state index contributed by atoms with van der Waals surface area (Å²) in [6, 6.07) is 0.298. The third kappa shape index (κ3) is 4.33. The molecule has 0 radical (unpaired) electrons. The van der Waals surface area contributed by atoms with Crippen LogP contribution in [-0.4, -0.2) is 37.0 Å². The first-order valence-electron chi connectivity index (χ1n) is 5.21. The van der Waals surface area contributed by atoms with Crippen molar-refractivity contribution in [2.24, 2.45) is 5.92 Å². The molecule has 0 bridgehead atoms. The Bertz CT molecular complexity index is 181. The van der Waals surface area contributed by atoms with Gasteiger partial charge in [0.2, 0.25) is 5.91 Å². The lowest BCUT2D eigenvalue weighted by molar-refractivity contribution is -0.122. The van der Waals surface area contributed by atoms with Crippen LogP contribution in [0.15, 0.2) is 0 Å². The van der Waals surface area contributed by atoms with Crippen LogP contribution in [0.4, 0.5) is 0 Å². The molecule has 4 heteroatoms. The molecule has 2 N–H and O–H groups in total. The smallest absolute Gasteiger partial charge is 0.220 e. The van der Waals surface area contributed by atoms with Crippen LogP contribution in [-0.2, 0) is 4.79 Å². The van der Waals surface area contributed by atoms with E-state index in [-0.39, 0.29) is 5.91 Å². The Morgan fingerprint density at radius 3 is 3.07 bits per heavy atom. The van der Waals surface area contributed by atoms with Crippen molar-refractivity contribution in [3.63, 3.8) is 0 Å². The van der Waals surface area contributed by atoms with E-state index in [9.17, 15) is 4.79 Å². The molecule has 0 aliphatic carbocycles. The molecular weight excluding hydrogens is 196 g/mol. The van der Waals surface area contributed by atoms with E-state index in [1.165, 1.54) is 0 Å². The van der Waals surface area contributed by atoms with Crippen LogP contribution in [0.25, 0.3) is 0 Å². The van der Waals surface area contributed by atoms with Gasteiger partial charge in [0, 0.05) is 18.2 Å². The quantitative estimate of drug-likeness (QED) is 0.716. The highest BCUT2D eigenvalue weighted by Gasteiger charge is 2.18. The molecule has 0 saturated carbocycles. The van der Waals surface area contributed by atoms with Gasteiger partial charge in [-0.15, -0.1) is 0 Å². The number of hydrogen-bond acceptors (Lipinski definition) is 3. The van der Waals surface area contributed by atoms with E-state index in [2.05, 4.69) is 23.8 Å². The number of hydrogen-bond donors (Lipinski definition) is 2. The molecule has 0 aromatic heterocycles. The van der Waals surface area contributed by atoms with Crippen molar-refractivity contribution < 1.29 is 4.79 Å². The molecule has 14 heavy (non-hydrogen) atoms. The minimum absolute atomic E-state index is 0.209. The van der Waals surface area contributed by atoms with Crippen LogP contribution < -0.4 is 10.6 Å². The Kier molecular flexibility index (Phi) is 5.33. The van der Waals surface area contributed by atoms with Crippen LogP contribution in [0.5, 0.6) is 0 Å². The normalized spacial score (nSPS) is 23.4. The van der Waals surface area contributed by atoms with E-state index in [0.717, 1.165) is 25.3 Å². The largest absolute Gasteiger partial charge is 0.353 e. The average Bonchev–Trinajstić information content (AvgIpc) is 2.56. The third-order valence-electron chi connectivity index (χ3n) is 2.46. The second kappa shape index (κ2) is 6.30. The Balaban J connectivity index is 2.14. The Labute approximate surface area is 90.4 Å². The summed E-state index contributed by atoms with van der Waals surface area (Å²) in [5, 5.41) is 6.29. The summed E-state index contributed by atoms with van der Waals surface area (Å²) in [4.78, 5) is 11.5. The predicted octanol–water partition coefficient (Wildman–Crippen LogP) is 0.854. The van der Waals surface area contributed by atoms with Gasteiger partial charge in [-0.1, -0.05) is 0 Å². The zero-order chi connectivity index (χ0) is 10.4. The number of thioether (sulfide) groups is 1. The van der Waals surface area contributed by atoms with Crippen LogP contribution >= 0.6 is 11.8 Å². The van der Waals surface area contributed by atoms with Gasteiger partial charge in [-0.05, 0) is 38.6 Å². The second-order valence-electron chi connectivity index (χ2n) is 3.99. The third-order valence-corrected chi connectivity index (χ3v) is 3.29. The van der Waals surface area contributed by atoms with Crippen molar-refractivity contribution in [3.05, 3.63) is 0 Å². The molecule has 1 aliphatic rings. The molecule has 0 spiro atoms. The first-order valence-corrected chi connectivity index (χ1v) is 6.60. The van der Waals surface area contributed by atoms with Crippen molar-refractivity contribution in [2.45, 2.75) is 25.8 Å². The van der Waals surface area contributed by atoms with Gasteiger partial charge in [0.1, 0.15) is 0 Å². The fourth-order valence-electron chi connectivity index (χ4n) is 1.78. The molecule has 0 aromatic rings. The molecule has 2 unspecified atom stereocenters. The Morgan fingerprint density at radius 2 is 2.50 bits per heavy atom. The van der Waals surface area contributed by atoms with Crippen LogP contribution in [0, 0.1) is 5.92 Å². The van der Waals surface area contributed by atoms with E-state index in [1.807, 2.05) is 0 Å². The van der Waals surface area contributed by atoms with E-state index < -0.39 is 0 Å². The van der Waals surface area contributed by atoms with Gasteiger partial charge in [-0.25, -0.2) is 0 Å². The number of amides is 1. The highest BCUT2D eigenvalue weighted by atomic mass is 32.2. The Morgan fingerprint density at radius 1 is 1.71 bits per heavy atom. The lowest BCUT2D eigenvalue weighted by Gasteiger charge is -2.14. The fraction of sp³-hybridized carbons (Fsp3) is 0.900. The topological polar surface area (TPSA) is 41.1 Å². The zero-order valence-electron chi connectivity index (χ0n) is 9.01. The van der Waals surface area contributed by atoms with Gasteiger partial charge in [-0.3, -0.25) is 4.79 Å². The molecule has 1 fully saturated rings. The predicted molar refractivity (Wildman–Crippen MR) is 61.6 cm³/mol. The van der Waals surface area contributed by atoms with Gasteiger partial charge < -0.3 is 10.6 Å².